The lowest BCUT2D eigenvalue weighted by Crippen LogP contribution is -2.24. The molecular weight excluding hydrogens is 460 g/mol. The minimum absolute atomic E-state index is 0.277. The molecule has 1 aliphatic heterocycles. The van der Waals surface area contributed by atoms with Gasteiger partial charge in [-0.2, -0.15) is 0 Å². The number of fused-ring (bicyclic) bond motifs is 1. The summed E-state index contributed by atoms with van der Waals surface area (Å²) < 4.78 is 16.4. The number of carbonyl (C=O) groups is 1. The highest BCUT2D eigenvalue weighted by atomic mass is 32.1. The number of benzene rings is 2. The minimum atomic E-state index is -0.277. The van der Waals surface area contributed by atoms with Gasteiger partial charge in [0.1, 0.15) is 12.4 Å². The third-order valence-corrected chi connectivity index (χ3v) is 6.72. The van der Waals surface area contributed by atoms with Gasteiger partial charge in [0.25, 0.3) is 0 Å². The summed E-state index contributed by atoms with van der Waals surface area (Å²) in [6.07, 6.45) is 6.71. The van der Waals surface area contributed by atoms with E-state index in [1.807, 2.05) is 29.9 Å². The van der Waals surface area contributed by atoms with Crippen LogP contribution >= 0.6 is 11.3 Å². The van der Waals surface area contributed by atoms with E-state index in [4.69, 9.17) is 14.2 Å². The van der Waals surface area contributed by atoms with Crippen LogP contribution in [0.25, 0.3) is 17.2 Å². The monoisotopic (exact) mass is 492 g/mol. The summed E-state index contributed by atoms with van der Waals surface area (Å²) in [5.41, 5.74) is 6.81. The maximum Gasteiger partial charge on any atom is 0.333 e. The van der Waals surface area contributed by atoms with Gasteiger partial charge in [0, 0.05) is 35.5 Å². The van der Waals surface area contributed by atoms with Gasteiger partial charge >= 0.3 is 5.97 Å². The molecule has 6 nitrogen and oxygen atoms in total. The van der Waals surface area contributed by atoms with Crippen LogP contribution in [0, 0.1) is 0 Å². The van der Waals surface area contributed by atoms with Gasteiger partial charge in [-0.15, -0.1) is 11.3 Å². The van der Waals surface area contributed by atoms with E-state index in [0.717, 1.165) is 60.7 Å². The van der Waals surface area contributed by atoms with Crippen LogP contribution in [-0.2, 0) is 20.8 Å². The summed E-state index contributed by atoms with van der Waals surface area (Å²) in [4.78, 5) is 20.1. The number of thiazole rings is 1. The van der Waals surface area contributed by atoms with E-state index in [2.05, 4.69) is 47.1 Å². The summed E-state index contributed by atoms with van der Waals surface area (Å²) in [6, 6.07) is 14.5. The quantitative estimate of drug-likeness (QED) is 0.243. The van der Waals surface area contributed by atoms with Gasteiger partial charge in [-0.3, -0.25) is 4.98 Å². The number of hydrogen-bond donors (Lipinski definition) is 0. The molecule has 0 amide bonds. The number of hydrogen-bond acceptors (Lipinski definition) is 7. The fourth-order valence-electron chi connectivity index (χ4n) is 4.05. The standard InChI is InChI=1S/C28H32N2O4S/c1-3-4-13-33-14-15-34-25-8-5-21(6-9-25)22-7-10-27-24(16-22)17-23(28(31)32-2)11-12-30(27)19-26-18-29-20-35-26/h5-10,16-18,20H,3-4,11-15,19H2,1-2H3. The minimum Gasteiger partial charge on any atom is -0.491 e. The molecule has 0 saturated carbocycles. The lowest BCUT2D eigenvalue weighted by molar-refractivity contribution is -0.136. The number of unbranched alkanes of at least 4 members (excludes halogenated alkanes) is 1. The van der Waals surface area contributed by atoms with Crippen molar-refractivity contribution in [2.24, 2.45) is 0 Å². The Morgan fingerprint density at radius 1 is 1.09 bits per heavy atom. The highest BCUT2D eigenvalue weighted by Gasteiger charge is 2.21. The second kappa shape index (κ2) is 12.5. The maximum atomic E-state index is 12.4. The molecule has 7 heteroatoms. The van der Waals surface area contributed by atoms with Gasteiger partial charge in [0.05, 0.1) is 25.8 Å². The third kappa shape index (κ3) is 6.71. The molecule has 184 valence electrons. The molecule has 1 aromatic heterocycles. The van der Waals surface area contributed by atoms with E-state index in [-0.39, 0.29) is 5.97 Å². The van der Waals surface area contributed by atoms with Crippen molar-refractivity contribution in [2.75, 3.05) is 38.4 Å². The van der Waals surface area contributed by atoms with E-state index in [1.165, 1.54) is 12.0 Å². The predicted octanol–water partition coefficient (Wildman–Crippen LogP) is 5.97. The molecular formula is C28H32N2O4S. The molecule has 3 aromatic rings. The highest BCUT2D eigenvalue weighted by Crippen LogP contribution is 2.34. The van der Waals surface area contributed by atoms with E-state index < -0.39 is 0 Å². The van der Waals surface area contributed by atoms with E-state index in [0.29, 0.717) is 25.2 Å². The van der Waals surface area contributed by atoms with E-state index in [9.17, 15) is 4.79 Å². The lowest BCUT2D eigenvalue weighted by atomic mass is 10.00. The molecule has 0 aliphatic carbocycles. The molecule has 0 N–H and O–H groups in total. The second-order valence-corrected chi connectivity index (χ2v) is 9.38. The maximum absolute atomic E-state index is 12.4. The number of esters is 1. The van der Waals surface area contributed by atoms with Crippen LogP contribution in [0.5, 0.6) is 5.75 Å². The molecule has 0 fully saturated rings. The molecule has 0 radical (unpaired) electrons. The summed E-state index contributed by atoms with van der Waals surface area (Å²) in [6.45, 7) is 5.56. The van der Waals surface area contributed by atoms with Gasteiger partial charge in [-0.1, -0.05) is 31.5 Å². The van der Waals surface area contributed by atoms with Gasteiger partial charge in [0.15, 0.2) is 0 Å². The Balaban J connectivity index is 1.51. The first-order chi connectivity index (χ1) is 17.2. The van der Waals surface area contributed by atoms with E-state index >= 15 is 0 Å². The number of ether oxygens (including phenoxy) is 3. The first kappa shape index (κ1) is 24.9. The Kier molecular flexibility index (Phi) is 8.92. The molecule has 0 spiro atoms. The van der Waals surface area contributed by atoms with Gasteiger partial charge < -0.3 is 19.1 Å². The van der Waals surface area contributed by atoms with Crippen molar-refractivity contribution in [3.63, 3.8) is 0 Å². The number of nitrogens with zero attached hydrogens (tertiary/aromatic N) is 2. The van der Waals surface area contributed by atoms with Crippen molar-refractivity contribution in [1.29, 1.82) is 0 Å². The second-order valence-electron chi connectivity index (χ2n) is 8.41. The predicted molar refractivity (Wildman–Crippen MR) is 141 cm³/mol. The topological polar surface area (TPSA) is 60.9 Å². The SMILES string of the molecule is CCCCOCCOc1ccc(-c2ccc3c(c2)C=C(C(=O)OC)CCN3Cc2cncs2)cc1. The number of aromatic nitrogens is 1. The summed E-state index contributed by atoms with van der Waals surface area (Å²) in [5.74, 6) is 0.548. The van der Waals surface area contributed by atoms with Crippen LogP contribution in [0.3, 0.4) is 0 Å². The molecule has 0 atom stereocenters. The normalized spacial score (nSPS) is 13.1. The van der Waals surface area contributed by atoms with E-state index in [1.54, 1.807) is 11.3 Å². The summed E-state index contributed by atoms with van der Waals surface area (Å²) in [5, 5.41) is 0. The van der Waals surface area contributed by atoms with Crippen LogP contribution in [-0.4, -0.2) is 44.4 Å². The van der Waals surface area contributed by atoms with Crippen LogP contribution in [0.4, 0.5) is 5.69 Å². The zero-order chi connectivity index (χ0) is 24.5. The largest absolute Gasteiger partial charge is 0.491 e. The van der Waals surface area contributed by atoms with Crippen molar-refractivity contribution >= 4 is 29.1 Å². The van der Waals surface area contributed by atoms with Gasteiger partial charge in [-0.05, 0) is 59.9 Å². The van der Waals surface area contributed by atoms with Crippen LogP contribution in [0.1, 0.15) is 36.6 Å². The van der Waals surface area contributed by atoms with Crippen molar-refractivity contribution in [3.05, 3.63) is 70.2 Å². The fourth-order valence-corrected chi connectivity index (χ4v) is 4.66. The molecule has 0 saturated heterocycles. The molecule has 0 unspecified atom stereocenters. The molecule has 2 heterocycles. The first-order valence-corrected chi connectivity index (χ1v) is 12.9. The van der Waals surface area contributed by atoms with Crippen LogP contribution < -0.4 is 9.64 Å². The Morgan fingerprint density at radius 3 is 2.66 bits per heavy atom. The fraction of sp³-hybridized carbons (Fsp3) is 0.357. The van der Waals surface area contributed by atoms with Crippen molar-refractivity contribution in [2.45, 2.75) is 32.7 Å². The number of methoxy groups -OCH3 is 1. The van der Waals surface area contributed by atoms with Crippen molar-refractivity contribution in [3.8, 4) is 16.9 Å². The Morgan fingerprint density at radius 2 is 1.91 bits per heavy atom. The van der Waals surface area contributed by atoms with Crippen LogP contribution in [0.2, 0.25) is 0 Å². The zero-order valence-corrected chi connectivity index (χ0v) is 21.2. The van der Waals surface area contributed by atoms with Crippen molar-refractivity contribution in [1.82, 2.24) is 4.98 Å². The Labute approximate surface area is 211 Å². The zero-order valence-electron chi connectivity index (χ0n) is 20.4. The van der Waals surface area contributed by atoms with Crippen LogP contribution in [0.15, 0.2) is 59.7 Å². The number of anilines is 1. The van der Waals surface area contributed by atoms with Gasteiger partial charge in [-0.25, -0.2) is 4.79 Å². The van der Waals surface area contributed by atoms with Crippen molar-refractivity contribution < 1.29 is 19.0 Å². The average molecular weight is 493 g/mol. The molecule has 4 rings (SSSR count). The highest BCUT2D eigenvalue weighted by molar-refractivity contribution is 7.09. The number of rotatable bonds is 11. The first-order valence-electron chi connectivity index (χ1n) is 12.0. The average Bonchev–Trinajstić information content (AvgIpc) is 3.34. The third-order valence-electron chi connectivity index (χ3n) is 5.95. The molecule has 0 bridgehead atoms. The smallest absolute Gasteiger partial charge is 0.333 e. The molecule has 35 heavy (non-hydrogen) atoms. The summed E-state index contributed by atoms with van der Waals surface area (Å²) in [7, 11) is 1.43. The molecule has 2 aromatic carbocycles. The van der Waals surface area contributed by atoms with Gasteiger partial charge in [0.2, 0.25) is 0 Å². The Hall–Kier alpha value is -3.16. The Bertz CT molecular complexity index is 1130. The molecule has 1 aliphatic rings. The lowest BCUT2D eigenvalue weighted by Gasteiger charge is -2.24. The summed E-state index contributed by atoms with van der Waals surface area (Å²) >= 11 is 1.64. The number of carbonyl (C=O) groups excluding carboxylic acids is 1.